The highest BCUT2D eigenvalue weighted by molar-refractivity contribution is 6.02. The minimum atomic E-state index is -1.33. The van der Waals surface area contributed by atoms with E-state index in [1.54, 1.807) is 26.8 Å². The van der Waals surface area contributed by atoms with Gasteiger partial charge in [-0.05, 0) is 39.7 Å². The number of benzene rings is 1. The molecule has 0 unspecified atom stereocenters. The summed E-state index contributed by atoms with van der Waals surface area (Å²) in [6.07, 6.45) is 1.57. The second-order valence-electron chi connectivity index (χ2n) is 8.00. The monoisotopic (exact) mass is 402 g/mol. The van der Waals surface area contributed by atoms with E-state index in [2.05, 4.69) is 0 Å². The summed E-state index contributed by atoms with van der Waals surface area (Å²) in [5, 5.41) is 0. The van der Waals surface area contributed by atoms with Crippen molar-refractivity contribution >= 4 is 23.8 Å². The summed E-state index contributed by atoms with van der Waals surface area (Å²) in [5.74, 6) is -2.42. The summed E-state index contributed by atoms with van der Waals surface area (Å²) >= 11 is 0. The Bertz CT molecular complexity index is 814. The molecule has 156 valence electrons. The van der Waals surface area contributed by atoms with Gasteiger partial charge in [0, 0.05) is 0 Å². The Morgan fingerprint density at radius 1 is 1.21 bits per heavy atom. The molecule has 0 aromatic heterocycles. The van der Waals surface area contributed by atoms with Crippen molar-refractivity contribution in [1.82, 2.24) is 0 Å². The molecule has 4 atom stereocenters. The number of esters is 2. The molecule has 2 fully saturated rings. The Labute approximate surface area is 170 Å². The van der Waals surface area contributed by atoms with Crippen LogP contribution < -0.4 is 0 Å². The van der Waals surface area contributed by atoms with E-state index in [9.17, 15) is 14.4 Å². The first-order valence-corrected chi connectivity index (χ1v) is 9.58. The summed E-state index contributed by atoms with van der Waals surface area (Å²) < 4.78 is 21.8. The molecule has 7 nitrogen and oxygen atoms in total. The first-order chi connectivity index (χ1) is 13.6. The third-order valence-electron chi connectivity index (χ3n) is 5.24. The van der Waals surface area contributed by atoms with Crippen LogP contribution in [0.3, 0.4) is 0 Å². The van der Waals surface area contributed by atoms with Gasteiger partial charge in [-0.1, -0.05) is 42.5 Å². The molecule has 0 amide bonds. The molecular weight excluding hydrogens is 376 g/mol. The van der Waals surface area contributed by atoms with Gasteiger partial charge in [0.1, 0.15) is 23.9 Å². The van der Waals surface area contributed by atoms with Gasteiger partial charge in [-0.15, -0.1) is 0 Å². The fraction of sp³-hybridized carbons (Fsp3) is 0.500. The number of cyclic esters (lactones) is 1. The maximum Gasteiger partial charge on any atom is 0.338 e. The fourth-order valence-electron chi connectivity index (χ4n) is 3.34. The Balaban J connectivity index is 1.62. The van der Waals surface area contributed by atoms with Crippen molar-refractivity contribution < 1.29 is 33.3 Å². The molecule has 3 rings (SSSR count). The number of ether oxygens (including phenoxy) is 4. The van der Waals surface area contributed by atoms with E-state index in [0.29, 0.717) is 0 Å². The normalized spacial score (nSPS) is 27.3. The molecule has 2 aliphatic heterocycles. The van der Waals surface area contributed by atoms with Crippen LogP contribution in [0, 0.1) is 5.41 Å². The molecule has 0 aliphatic carbocycles. The molecule has 1 aromatic rings. The number of carbonyl (C=O) groups is 3. The summed E-state index contributed by atoms with van der Waals surface area (Å²) in [7, 11) is 0. The fourth-order valence-corrected chi connectivity index (χ4v) is 3.34. The van der Waals surface area contributed by atoms with Crippen LogP contribution in [0.5, 0.6) is 0 Å². The van der Waals surface area contributed by atoms with E-state index >= 15 is 0 Å². The van der Waals surface area contributed by atoms with E-state index in [1.807, 2.05) is 36.4 Å². The van der Waals surface area contributed by atoms with Crippen molar-refractivity contribution in [2.45, 2.75) is 58.2 Å². The lowest BCUT2D eigenvalue weighted by atomic mass is 9.82. The van der Waals surface area contributed by atoms with Crippen LogP contribution in [0.15, 0.2) is 36.4 Å². The second-order valence-corrected chi connectivity index (χ2v) is 8.00. The number of rotatable bonds is 7. The van der Waals surface area contributed by atoms with Gasteiger partial charge in [0.2, 0.25) is 0 Å². The van der Waals surface area contributed by atoms with Gasteiger partial charge in [-0.3, -0.25) is 9.59 Å². The summed E-state index contributed by atoms with van der Waals surface area (Å²) in [5.41, 5.74) is -0.365. The quantitative estimate of drug-likeness (QED) is 0.512. The number of ketones is 1. The number of carbonyl (C=O) groups excluding carboxylic acids is 3. The predicted octanol–water partition coefficient (Wildman–Crippen LogP) is 2.67. The lowest BCUT2D eigenvalue weighted by Crippen LogP contribution is -2.39. The molecule has 0 saturated carbocycles. The molecular formula is C22H26O7. The summed E-state index contributed by atoms with van der Waals surface area (Å²) in [6, 6.07) is 9.58. The Morgan fingerprint density at radius 3 is 2.55 bits per heavy atom. The van der Waals surface area contributed by atoms with Gasteiger partial charge in [0.05, 0.1) is 0 Å². The molecule has 29 heavy (non-hydrogen) atoms. The van der Waals surface area contributed by atoms with Gasteiger partial charge < -0.3 is 18.9 Å². The first-order valence-electron chi connectivity index (χ1n) is 9.58. The van der Waals surface area contributed by atoms with E-state index in [1.165, 1.54) is 6.92 Å². The predicted molar refractivity (Wildman–Crippen MR) is 104 cm³/mol. The molecule has 0 bridgehead atoms. The molecule has 2 saturated heterocycles. The number of allylic oxidation sites excluding steroid dienone is 1. The van der Waals surface area contributed by atoms with Crippen LogP contribution in [-0.2, 0) is 33.3 Å². The van der Waals surface area contributed by atoms with Crippen molar-refractivity contribution in [3.8, 4) is 0 Å². The van der Waals surface area contributed by atoms with Gasteiger partial charge in [-0.25, -0.2) is 4.79 Å². The zero-order valence-electron chi connectivity index (χ0n) is 17.0. The number of hydrogen-bond acceptors (Lipinski definition) is 7. The maximum absolute atomic E-state index is 12.7. The molecule has 1 aromatic carbocycles. The van der Waals surface area contributed by atoms with Crippen LogP contribution in [0.25, 0.3) is 6.08 Å². The third kappa shape index (κ3) is 4.57. The largest absolute Gasteiger partial charge is 0.461 e. The van der Waals surface area contributed by atoms with Gasteiger partial charge in [0.15, 0.2) is 18.0 Å². The van der Waals surface area contributed by atoms with E-state index in [-0.39, 0.29) is 18.8 Å². The van der Waals surface area contributed by atoms with Crippen molar-refractivity contribution in [2.75, 3.05) is 6.61 Å². The highest BCUT2D eigenvalue weighted by atomic mass is 16.8. The average molecular weight is 402 g/mol. The highest BCUT2D eigenvalue weighted by Crippen LogP contribution is 2.36. The van der Waals surface area contributed by atoms with Crippen molar-refractivity contribution in [3.63, 3.8) is 0 Å². The molecule has 0 radical (unpaired) electrons. The highest BCUT2D eigenvalue weighted by Gasteiger charge is 2.56. The van der Waals surface area contributed by atoms with Gasteiger partial charge in [0.25, 0.3) is 0 Å². The molecule has 2 aliphatic rings. The van der Waals surface area contributed by atoms with E-state index < -0.39 is 41.5 Å². The first kappa shape index (κ1) is 21.2. The third-order valence-corrected chi connectivity index (χ3v) is 5.24. The van der Waals surface area contributed by atoms with Crippen molar-refractivity contribution in [3.05, 3.63) is 42.0 Å². The lowest BCUT2D eigenvalue weighted by molar-refractivity contribution is -0.192. The van der Waals surface area contributed by atoms with E-state index in [4.69, 9.17) is 18.9 Å². The Hall–Kier alpha value is -2.51. The van der Waals surface area contributed by atoms with Gasteiger partial charge in [-0.2, -0.15) is 0 Å². The zero-order valence-corrected chi connectivity index (χ0v) is 17.0. The SMILES string of the molecule is CC(=O)[C@](C)(C/C=C/c1ccccc1)C(=O)OC[C@H]1OC(=O)[C@@H]2OC(C)(C)O[C@H]12. The van der Waals surface area contributed by atoms with E-state index in [0.717, 1.165) is 5.56 Å². The smallest absolute Gasteiger partial charge is 0.338 e. The van der Waals surface area contributed by atoms with Crippen LogP contribution >= 0.6 is 0 Å². The molecule has 7 heteroatoms. The standard InChI is InChI=1S/C22H26O7/c1-14(23)22(4,12-8-11-15-9-6-5-7-10-15)20(25)26-13-16-17-18(19(24)27-16)29-21(2,3)28-17/h5-11,16-18H,12-13H2,1-4H3/b11-8+/t16-,17-,18-,22+/m1/s1. The number of Topliss-reactive ketones (excluding diaryl/α,β-unsaturated/α-hetero) is 1. The van der Waals surface area contributed by atoms with Crippen molar-refractivity contribution in [2.24, 2.45) is 5.41 Å². The lowest BCUT2D eigenvalue weighted by Gasteiger charge is -2.25. The molecule has 0 spiro atoms. The van der Waals surface area contributed by atoms with Crippen LogP contribution in [0.1, 0.15) is 39.7 Å². The minimum absolute atomic E-state index is 0.194. The zero-order chi connectivity index (χ0) is 21.2. The Morgan fingerprint density at radius 2 is 1.90 bits per heavy atom. The van der Waals surface area contributed by atoms with Crippen LogP contribution in [0.2, 0.25) is 0 Å². The maximum atomic E-state index is 12.7. The summed E-state index contributed by atoms with van der Waals surface area (Å²) in [6.45, 7) is 6.12. The topological polar surface area (TPSA) is 88.1 Å². The average Bonchev–Trinajstić information content (AvgIpc) is 3.13. The number of fused-ring (bicyclic) bond motifs is 1. The molecule has 0 N–H and O–H groups in total. The van der Waals surface area contributed by atoms with Crippen molar-refractivity contribution in [1.29, 1.82) is 0 Å². The second kappa shape index (κ2) is 8.08. The van der Waals surface area contributed by atoms with Crippen LogP contribution in [0.4, 0.5) is 0 Å². The van der Waals surface area contributed by atoms with Crippen LogP contribution in [-0.4, -0.2) is 48.4 Å². The molecule has 2 heterocycles. The minimum Gasteiger partial charge on any atom is -0.461 e. The Kier molecular flexibility index (Phi) is 5.91. The number of hydrogen-bond donors (Lipinski definition) is 0. The van der Waals surface area contributed by atoms with Gasteiger partial charge >= 0.3 is 11.9 Å². The summed E-state index contributed by atoms with van der Waals surface area (Å²) in [4.78, 5) is 36.9.